The predicted molar refractivity (Wildman–Crippen MR) is 159 cm³/mol. The summed E-state index contributed by atoms with van der Waals surface area (Å²) in [6, 6.07) is 17.1. The van der Waals surface area contributed by atoms with Crippen LogP contribution in [-0.2, 0) is 23.0 Å². The van der Waals surface area contributed by atoms with Gasteiger partial charge in [-0.25, -0.2) is 8.42 Å². The van der Waals surface area contributed by atoms with Crippen molar-refractivity contribution in [3.05, 3.63) is 93.1 Å². The molecule has 12 heteroatoms. The van der Waals surface area contributed by atoms with Gasteiger partial charge in [-0.15, -0.1) is 0 Å². The van der Waals surface area contributed by atoms with E-state index < -0.39 is 16.1 Å². The molecule has 212 valence electrons. The summed E-state index contributed by atoms with van der Waals surface area (Å²) in [5.74, 6) is -0.480. The van der Waals surface area contributed by atoms with Crippen LogP contribution < -0.4 is 15.4 Å². The largest absolute Gasteiger partial charge is 0.506 e. The Morgan fingerprint density at radius 2 is 1.82 bits per heavy atom. The van der Waals surface area contributed by atoms with E-state index in [9.17, 15) is 23.4 Å². The number of aromatic amines is 1. The molecule has 0 aliphatic rings. The highest BCUT2D eigenvalue weighted by Crippen LogP contribution is 2.28. The monoisotopic (exact) mass is 604 g/mol. The minimum absolute atomic E-state index is 0.00339. The quantitative estimate of drug-likeness (QED) is 0.136. The number of anilines is 1. The number of H-pyrrole nitrogens is 1. The van der Waals surface area contributed by atoms with Gasteiger partial charge in [0.15, 0.2) is 0 Å². The Morgan fingerprint density at radius 3 is 2.55 bits per heavy atom. The maximum absolute atomic E-state index is 12.7. The minimum atomic E-state index is -3.58. The van der Waals surface area contributed by atoms with Crippen molar-refractivity contribution < 1.29 is 23.4 Å². The van der Waals surface area contributed by atoms with Gasteiger partial charge in [-0.05, 0) is 72.5 Å². The van der Waals surface area contributed by atoms with Gasteiger partial charge in [-0.3, -0.25) is 9.52 Å². The van der Waals surface area contributed by atoms with Gasteiger partial charge in [-0.2, -0.15) is 0 Å². The molecule has 1 aromatic heterocycles. The van der Waals surface area contributed by atoms with Gasteiger partial charge < -0.3 is 25.8 Å². The van der Waals surface area contributed by atoms with Crippen LogP contribution in [0.2, 0.25) is 10.0 Å². The third kappa shape index (κ3) is 7.89. The first-order valence-corrected chi connectivity index (χ1v) is 15.1. The Bertz CT molecular complexity index is 1640. The standard InChI is InChI=1S/C28H30Cl2N4O5S/c1-16(31-15-27(36)18-5-8-26(35)24(11-18)34-40(2,38)39)9-17-3-7-23-20(10-17)12-25(33-23)28(37)32-14-19-4-6-21(29)13-22(19)30/h3-8,10-13,16,27,31,33-36H,9,14-15H2,1-2H3,(H,32,37)/t16-,27+/m1/s1. The molecule has 40 heavy (non-hydrogen) atoms. The summed E-state index contributed by atoms with van der Waals surface area (Å²) in [7, 11) is -3.58. The van der Waals surface area contributed by atoms with Crippen LogP contribution in [0.15, 0.2) is 60.7 Å². The topological polar surface area (TPSA) is 144 Å². The summed E-state index contributed by atoms with van der Waals surface area (Å²) in [6.45, 7) is 2.48. The highest BCUT2D eigenvalue weighted by Gasteiger charge is 2.15. The number of amides is 1. The lowest BCUT2D eigenvalue weighted by molar-refractivity contribution is 0.0946. The molecule has 0 aliphatic heterocycles. The number of aromatic hydroxyl groups is 1. The lowest BCUT2D eigenvalue weighted by Crippen LogP contribution is -2.32. The number of hydrogen-bond donors (Lipinski definition) is 6. The number of phenolic OH excluding ortho intramolecular Hbond substituents is 1. The van der Waals surface area contributed by atoms with Gasteiger partial charge in [0.1, 0.15) is 11.4 Å². The zero-order valence-corrected chi connectivity index (χ0v) is 24.2. The summed E-state index contributed by atoms with van der Waals surface area (Å²) < 4.78 is 25.3. The van der Waals surface area contributed by atoms with Crippen molar-refractivity contribution in [2.24, 2.45) is 0 Å². The van der Waals surface area contributed by atoms with Crippen molar-refractivity contribution in [1.82, 2.24) is 15.6 Å². The molecule has 6 N–H and O–H groups in total. The molecule has 1 heterocycles. The number of halogens is 2. The number of phenols is 1. The number of aliphatic hydroxyl groups excluding tert-OH is 1. The zero-order valence-electron chi connectivity index (χ0n) is 21.8. The molecule has 0 aliphatic carbocycles. The second-order valence-corrected chi connectivity index (χ2v) is 12.3. The van der Waals surface area contributed by atoms with Crippen LogP contribution in [0.25, 0.3) is 10.9 Å². The fourth-order valence-electron chi connectivity index (χ4n) is 4.27. The number of benzene rings is 3. The average molecular weight is 606 g/mol. The van der Waals surface area contributed by atoms with Crippen molar-refractivity contribution in [3.8, 4) is 5.75 Å². The average Bonchev–Trinajstić information content (AvgIpc) is 3.31. The molecule has 4 aromatic rings. The maximum Gasteiger partial charge on any atom is 0.267 e. The van der Waals surface area contributed by atoms with Crippen LogP contribution in [0.3, 0.4) is 0 Å². The summed E-state index contributed by atoms with van der Waals surface area (Å²) in [5.41, 5.74) is 3.55. The van der Waals surface area contributed by atoms with E-state index in [1.54, 1.807) is 24.3 Å². The van der Waals surface area contributed by atoms with E-state index in [1.165, 1.54) is 18.2 Å². The number of carbonyl (C=O) groups is 1. The summed E-state index contributed by atoms with van der Waals surface area (Å²) in [5, 5.41) is 28.6. The SMILES string of the molecule is C[C@H](Cc1ccc2[nH]c(C(=O)NCc3ccc(Cl)cc3Cl)cc2c1)NC[C@H](O)c1ccc(O)c(NS(C)(=O)=O)c1. The van der Waals surface area contributed by atoms with Crippen molar-refractivity contribution in [3.63, 3.8) is 0 Å². The molecule has 0 saturated heterocycles. The molecule has 0 bridgehead atoms. The molecule has 0 radical (unpaired) electrons. The first-order valence-electron chi connectivity index (χ1n) is 12.4. The number of nitrogens with one attached hydrogen (secondary N) is 4. The molecule has 3 aromatic carbocycles. The van der Waals surface area contributed by atoms with Gasteiger partial charge in [0.25, 0.3) is 5.91 Å². The van der Waals surface area contributed by atoms with E-state index >= 15 is 0 Å². The van der Waals surface area contributed by atoms with Crippen molar-refractivity contribution >= 4 is 55.7 Å². The molecule has 2 atom stereocenters. The fraction of sp³-hybridized carbons (Fsp3) is 0.250. The highest BCUT2D eigenvalue weighted by molar-refractivity contribution is 7.92. The molecular weight excluding hydrogens is 575 g/mol. The first kappa shape index (κ1) is 29.7. The van der Waals surface area contributed by atoms with Crippen LogP contribution in [-0.4, -0.2) is 48.4 Å². The van der Waals surface area contributed by atoms with E-state index in [0.29, 0.717) is 27.7 Å². The van der Waals surface area contributed by atoms with E-state index in [0.717, 1.165) is 28.3 Å². The molecule has 0 spiro atoms. The molecule has 0 saturated carbocycles. The minimum Gasteiger partial charge on any atom is -0.506 e. The predicted octanol–water partition coefficient (Wildman–Crippen LogP) is 4.74. The zero-order chi connectivity index (χ0) is 29.0. The molecule has 0 unspecified atom stereocenters. The number of fused-ring (bicyclic) bond motifs is 1. The van der Waals surface area contributed by atoms with E-state index in [-0.39, 0.29) is 36.5 Å². The summed E-state index contributed by atoms with van der Waals surface area (Å²) >= 11 is 12.1. The van der Waals surface area contributed by atoms with Crippen LogP contribution in [0, 0.1) is 0 Å². The maximum atomic E-state index is 12.7. The summed E-state index contributed by atoms with van der Waals surface area (Å²) in [6.07, 6.45) is 0.735. The Balaban J connectivity index is 1.33. The number of hydrogen-bond acceptors (Lipinski definition) is 6. The number of carbonyl (C=O) groups excluding carboxylic acids is 1. The normalized spacial score (nSPS) is 13.2. The van der Waals surface area contributed by atoms with Crippen molar-refractivity contribution in [2.75, 3.05) is 17.5 Å². The molecule has 1 amide bonds. The van der Waals surface area contributed by atoms with E-state index in [1.807, 2.05) is 25.1 Å². The van der Waals surface area contributed by atoms with Crippen LogP contribution in [0.1, 0.15) is 40.2 Å². The van der Waals surface area contributed by atoms with Crippen LogP contribution in [0.5, 0.6) is 5.75 Å². The highest BCUT2D eigenvalue weighted by atomic mass is 35.5. The number of aromatic nitrogens is 1. The van der Waals surface area contributed by atoms with Crippen molar-refractivity contribution in [2.45, 2.75) is 32.0 Å². The fourth-order valence-corrected chi connectivity index (χ4v) is 5.30. The lowest BCUT2D eigenvalue weighted by Gasteiger charge is -2.18. The third-order valence-electron chi connectivity index (χ3n) is 6.29. The number of aliphatic hydroxyl groups is 1. The number of rotatable bonds is 11. The molecule has 0 fully saturated rings. The Kier molecular flexibility index (Phi) is 9.27. The van der Waals surface area contributed by atoms with E-state index in [2.05, 4.69) is 20.3 Å². The van der Waals surface area contributed by atoms with Gasteiger partial charge in [0.05, 0.1) is 18.0 Å². The molecule has 4 rings (SSSR count). The molecule has 9 nitrogen and oxygen atoms in total. The van der Waals surface area contributed by atoms with Gasteiger partial charge in [-0.1, -0.05) is 41.4 Å². The summed E-state index contributed by atoms with van der Waals surface area (Å²) in [4.78, 5) is 15.9. The second kappa shape index (κ2) is 12.5. The first-order chi connectivity index (χ1) is 18.9. The Hall–Kier alpha value is -3.28. The Morgan fingerprint density at radius 1 is 1.05 bits per heavy atom. The lowest BCUT2D eigenvalue weighted by atomic mass is 10.0. The van der Waals surface area contributed by atoms with Gasteiger partial charge in [0, 0.05) is 40.1 Å². The Labute approximate surface area is 242 Å². The molecular formula is C28H30Cl2N4O5S. The van der Waals surface area contributed by atoms with Gasteiger partial charge >= 0.3 is 0 Å². The number of sulfonamides is 1. The smallest absolute Gasteiger partial charge is 0.267 e. The van der Waals surface area contributed by atoms with Crippen LogP contribution in [0.4, 0.5) is 5.69 Å². The van der Waals surface area contributed by atoms with Crippen molar-refractivity contribution in [1.29, 1.82) is 0 Å². The third-order valence-corrected chi connectivity index (χ3v) is 7.46. The van der Waals surface area contributed by atoms with Gasteiger partial charge in [0.2, 0.25) is 10.0 Å². The van der Waals surface area contributed by atoms with E-state index in [4.69, 9.17) is 23.2 Å². The van der Waals surface area contributed by atoms with Crippen LogP contribution >= 0.6 is 23.2 Å². The second-order valence-electron chi connectivity index (χ2n) is 9.70.